The molecule has 0 aromatic heterocycles. The largest absolute Gasteiger partial charge is 0.487 e. The van der Waals surface area contributed by atoms with E-state index in [2.05, 4.69) is 5.32 Å². The van der Waals surface area contributed by atoms with Gasteiger partial charge in [0.25, 0.3) is 5.91 Å². The molecule has 0 atom stereocenters. The number of hydrogen-bond donors (Lipinski definition) is 2. The molecule has 1 aliphatic heterocycles. The van der Waals surface area contributed by atoms with Crippen LogP contribution in [-0.4, -0.2) is 25.1 Å². The highest BCUT2D eigenvalue weighted by Gasteiger charge is 2.21. The molecular weight excluding hydrogens is 199 g/mol. The van der Waals surface area contributed by atoms with Gasteiger partial charge in [0.15, 0.2) is 0 Å². The number of primary amides is 1. The zero-order chi connectivity index (χ0) is 10.8. The van der Waals surface area contributed by atoms with Crippen LogP contribution in [0.4, 0.5) is 4.39 Å². The first-order valence-electron chi connectivity index (χ1n) is 4.63. The van der Waals surface area contributed by atoms with Crippen LogP contribution in [0.25, 0.3) is 0 Å². The normalized spacial score (nSPS) is 15.8. The summed E-state index contributed by atoms with van der Waals surface area (Å²) in [6.45, 7) is 1.46. The zero-order valence-electron chi connectivity index (χ0n) is 8.00. The summed E-state index contributed by atoms with van der Waals surface area (Å²) in [6, 6.07) is 3.76. The van der Waals surface area contributed by atoms with E-state index in [1.165, 1.54) is 12.1 Å². The Bertz CT molecular complexity index is 391. The molecule has 0 radical (unpaired) electrons. The van der Waals surface area contributed by atoms with E-state index >= 15 is 0 Å². The smallest absolute Gasteiger partial charge is 0.252 e. The van der Waals surface area contributed by atoms with Crippen LogP contribution >= 0.6 is 0 Å². The lowest BCUT2D eigenvalue weighted by Gasteiger charge is -2.28. The van der Waals surface area contributed by atoms with E-state index < -0.39 is 11.7 Å². The molecule has 0 bridgehead atoms. The summed E-state index contributed by atoms with van der Waals surface area (Å²) in [5, 5.41) is 3.03. The Labute approximate surface area is 86.2 Å². The molecule has 1 fully saturated rings. The van der Waals surface area contributed by atoms with Gasteiger partial charge < -0.3 is 15.8 Å². The Hall–Kier alpha value is -1.62. The van der Waals surface area contributed by atoms with Gasteiger partial charge in [-0.05, 0) is 18.2 Å². The van der Waals surface area contributed by atoms with Crippen molar-refractivity contribution in [3.63, 3.8) is 0 Å². The first kappa shape index (κ1) is 9.92. The van der Waals surface area contributed by atoms with Crippen LogP contribution in [0.2, 0.25) is 0 Å². The second kappa shape index (κ2) is 3.86. The number of carbonyl (C=O) groups is 1. The molecule has 1 amide bonds. The summed E-state index contributed by atoms with van der Waals surface area (Å²) in [5.74, 6) is -0.838. The molecule has 1 aromatic rings. The number of hydrogen-bond acceptors (Lipinski definition) is 3. The molecule has 1 saturated heterocycles. The number of nitrogens with two attached hydrogens (primary N) is 1. The molecule has 0 unspecified atom stereocenters. The number of benzene rings is 1. The SMILES string of the molecule is NC(=O)c1cc(F)ccc1OC1CNC1. The van der Waals surface area contributed by atoms with E-state index in [9.17, 15) is 9.18 Å². The Morgan fingerprint density at radius 2 is 2.27 bits per heavy atom. The summed E-state index contributed by atoms with van der Waals surface area (Å²) in [5.41, 5.74) is 5.20. The molecule has 5 heteroatoms. The van der Waals surface area contributed by atoms with Gasteiger partial charge in [-0.15, -0.1) is 0 Å². The fraction of sp³-hybridized carbons (Fsp3) is 0.300. The third-order valence-corrected chi connectivity index (χ3v) is 2.24. The third-order valence-electron chi connectivity index (χ3n) is 2.24. The van der Waals surface area contributed by atoms with Crippen LogP contribution in [-0.2, 0) is 0 Å². The summed E-state index contributed by atoms with van der Waals surface area (Å²) < 4.78 is 18.3. The predicted octanol–water partition coefficient (Wildman–Crippen LogP) is 0.275. The van der Waals surface area contributed by atoms with Gasteiger partial charge in [0.05, 0.1) is 5.56 Å². The van der Waals surface area contributed by atoms with Gasteiger partial charge in [0.1, 0.15) is 17.7 Å². The Kier molecular flexibility index (Phi) is 2.55. The molecule has 0 aliphatic carbocycles. The lowest BCUT2D eigenvalue weighted by molar-refractivity contribution is 0.0984. The lowest BCUT2D eigenvalue weighted by Crippen LogP contribution is -2.50. The number of rotatable bonds is 3. The minimum absolute atomic E-state index is 0.0357. The molecule has 1 aliphatic rings. The zero-order valence-corrected chi connectivity index (χ0v) is 8.00. The predicted molar refractivity (Wildman–Crippen MR) is 52.2 cm³/mol. The molecule has 0 spiro atoms. The number of ether oxygens (including phenoxy) is 1. The van der Waals surface area contributed by atoms with Gasteiger partial charge in [-0.25, -0.2) is 4.39 Å². The van der Waals surface area contributed by atoms with Crippen LogP contribution < -0.4 is 15.8 Å². The van der Waals surface area contributed by atoms with Gasteiger partial charge in [-0.2, -0.15) is 0 Å². The summed E-state index contributed by atoms with van der Waals surface area (Å²) in [6.07, 6.45) is 0.0357. The van der Waals surface area contributed by atoms with Gasteiger partial charge in [0.2, 0.25) is 0 Å². The maximum absolute atomic E-state index is 12.9. The lowest BCUT2D eigenvalue weighted by atomic mass is 10.1. The molecule has 15 heavy (non-hydrogen) atoms. The first-order valence-corrected chi connectivity index (χ1v) is 4.63. The Morgan fingerprint density at radius 3 is 2.80 bits per heavy atom. The van der Waals surface area contributed by atoms with Crippen LogP contribution in [0.15, 0.2) is 18.2 Å². The van der Waals surface area contributed by atoms with Crippen LogP contribution in [0, 0.1) is 5.82 Å². The van der Waals surface area contributed by atoms with E-state index in [1.807, 2.05) is 0 Å². The molecule has 3 N–H and O–H groups in total. The molecule has 1 heterocycles. The van der Waals surface area contributed by atoms with Crippen LogP contribution in [0.3, 0.4) is 0 Å². The molecular formula is C10H11FN2O2. The fourth-order valence-corrected chi connectivity index (χ4v) is 1.32. The number of amides is 1. The summed E-state index contributed by atoms with van der Waals surface area (Å²) >= 11 is 0. The average molecular weight is 210 g/mol. The number of halogens is 1. The maximum atomic E-state index is 12.9. The Morgan fingerprint density at radius 1 is 1.53 bits per heavy atom. The van der Waals surface area contributed by atoms with E-state index in [1.54, 1.807) is 0 Å². The van der Waals surface area contributed by atoms with E-state index in [-0.39, 0.29) is 11.7 Å². The highest BCUT2D eigenvalue weighted by atomic mass is 19.1. The molecule has 2 rings (SSSR count). The molecule has 1 aromatic carbocycles. The summed E-state index contributed by atoms with van der Waals surface area (Å²) in [4.78, 5) is 11.0. The van der Waals surface area contributed by atoms with Crippen molar-refractivity contribution in [2.24, 2.45) is 5.73 Å². The van der Waals surface area contributed by atoms with Crippen molar-refractivity contribution in [2.45, 2.75) is 6.10 Å². The topological polar surface area (TPSA) is 64.4 Å². The molecule has 4 nitrogen and oxygen atoms in total. The average Bonchev–Trinajstić information content (AvgIpc) is 2.12. The van der Waals surface area contributed by atoms with Gasteiger partial charge in [-0.3, -0.25) is 4.79 Å². The van der Waals surface area contributed by atoms with Crippen LogP contribution in [0.5, 0.6) is 5.75 Å². The second-order valence-electron chi connectivity index (χ2n) is 3.40. The van der Waals surface area contributed by atoms with Gasteiger partial charge >= 0.3 is 0 Å². The Balaban J connectivity index is 2.23. The number of nitrogens with one attached hydrogen (secondary N) is 1. The van der Waals surface area contributed by atoms with E-state index in [0.29, 0.717) is 5.75 Å². The first-order chi connectivity index (χ1) is 7.16. The minimum atomic E-state index is -0.684. The number of carbonyl (C=O) groups excluding carboxylic acids is 1. The highest BCUT2D eigenvalue weighted by Crippen LogP contribution is 2.21. The van der Waals surface area contributed by atoms with Gasteiger partial charge in [0, 0.05) is 13.1 Å². The highest BCUT2D eigenvalue weighted by molar-refractivity contribution is 5.95. The summed E-state index contributed by atoms with van der Waals surface area (Å²) in [7, 11) is 0. The minimum Gasteiger partial charge on any atom is -0.487 e. The second-order valence-corrected chi connectivity index (χ2v) is 3.40. The van der Waals surface area contributed by atoms with Crippen molar-refractivity contribution < 1.29 is 13.9 Å². The maximum Gasteiger partial charge on any atom is 0.252 e. The quantitative estimate of drug-likeness (QED) is 0.753. The monoisotopic (exact) mass is 210 g/mol. The molecule has 80 valence electrons. The van der Waals surface area contributed by atoms with Crippen molar-refractivity contribution in [2.75, 3.05) is 13.1 Å². The standard InChI is InChI=1S/C10H11FN2O2/c11-6-1-2-9(8(3-6)10(12)14)15-7-4-13-5-7/h1-3,7,13H,4-5H2,(H2,12,14). The van der Waals surface area contributed by atoms with Crippen molar-refractivity contribution in [1.29, 1.82) is 0 Å². The van der Waals surface area contributed by atoms with Crippen LogP contribution in [0.1, 0.15) is 10.4 Å². The fourth-order valence-electron chi connectivity index (χ4n) is 1.32. The van der Waals surface area contributed by atoms with Crippen molar-refractivity contribution in [3.8, 4) is 5.75 Å². The van der Waals surface area contributed by atoms with Crippen molar-refractivity contribution >= 4 is 5.91 Å². The molecule has 0 saturated carbocycles. The van der Waals surface area contributed by atoms with Crippen molar-refractivity contribution in [3.05, 3.63) is 29.6 Å². The van der Waals surface area contributed by atoms with Gasteiger partial charge in [-0.1, -0.05) is 0 Å². The third kappa shape index (κ3) is 2.07. The van der Waals surface area contributed by atoms with E-state index in [0.717, 1.165) is 19.2 Å². The van der Waals surface area contributed by atoms with E-state index in [4.69, 9.17) is 10.5 Å². The van der Waals surface area contributed by atoms with Crippen molar-refractivity contribution in [1.82, 2.24) is 5.32 Å².